The number of halogens is 1. The number of rotatable bonds is 7. The van der Waals surface area contributed by atoms with E-state index in [0.29, 0.717) is 17.6 Å². The number of benzene rings is 1. The Labute approximate surface area is 119 Å². The topological polar surface area (TPSA) is 20.3 Å². The molecule has 2 nitrogen and oxygen atoms in total. The molecule has 1 unspecified atom stereocenters. The highest BCUT2D eigenvalue weighted by Crippen LogP contribution is 2.12. The van der Waals surface area contributed by atoms with Crippen LogP contribution >= 0.6 is 23.4 Å². The average molecular weight is 286 g/mol. The highest BCUT2D eigenvalue weighted by Gasteiger charge is 2.14. The van der Waals surface area contributed by atoms with E-state index in [1.807, 2.05) is 18.8 Å². The third-order valence-electron chi connectivity index (χ3n) is 3.05. The summed E-state index contributed by atoms with van der Waals surface area (Å²) in [7, 11) is 2.00. The predicted octanol–water partition coefficient (Wildman–Crippen LogP) is 3.60. The van der Waals surface area contributed by atoms with Crippen molar-refractivity contribution in [2.24, 2.45) is 0 Å². The van der Waals surface area contributed by atoms with Crippen molar-refractivity contribution < 1.29 is 4.79 Å². The van der Waals surface area contributed by atoms with Crippen LogP contribution in [0.1, 0.15) is 23.7 Å². The van der Waals surface area contributed by atoms with Gasteiger partial charge >= 0.3 is 0 Å². The number of carbonyl (C=O) groups excluding carboxylic acids is 1. The van der Waals surface area contributed by atoms with Gasteiger partial charge in [-0.15, -0.1) is 0 Å². The molecule has 1 atom stereocenters. The van der Waals surface area contributed by atoms with E-state index in [9.17, 15) is 4.79 Å². The van der Waals surface area contributed by atoms with Crippen LogP contribution in [0.4, 0.5) is 0 Å². The van der Waals surface area contributed by atoms with Crippen LogP contribution in [0.25, 0.3) is 0 Å². The fourth-order valence-corrected chi connectivity index (χ4v) is 2.32. The first-order valence-electron chi connectivity index (χ1n) is 6.02. The highest BCUT2D eigenvalue weighted by molar-refractivity contribution is 7.98. The molecule has 0 spiro atoms. The summed E-state index contributed by atoms with van der Waals surface area (Å²) < 4.78 is 0. The largest absolute Gasteiger partial charge is 0.296 e. The number of hydrogen-bond donors (Lipinski definition) is 0. The van der Waals surface area contributed by atoms with Crippen molar-refractivity contribution >= 4 is 29.1 Å². The number of carbonyl (C=O) groups is 1. The SMILES string of the molecule is CSCCC(C)N(C)CC(=O)c1ccc(Cl)cc1. The molecule has 0 aliphatic heterocycles. The fourth-order valence-electron chi connectivity index (χ4n) is 1.62. The van der Waals surface area contributed by atoms with Gasteiger partial charge in [0.25, 0.3) is 0 Å². The molecule has 0 fully saturated rings. The maximum Gasteiger partial charge on any atom is 0.176 e. The summed E-state index contributed by atoms with van der Waals surface area (Å²) in [4.78, 5) is 14.2. The van der Waals surface area contributed by atoms with E-state index in [-0.39, 0.29) is 5.78 Å². The molecule has 0 aliphatic rings. The van der Waals surface area contributed by atoms with E-state index in [2.05, 4.69) is 18.1 Å². The van der Waals surface area contributed by atoms with Crippen LogP contribution in [-0.4, -0.2) is 42.3 Å². The molecule has 0 bridgehead atoms. The van der Waals surface area contributed by atoms with Crippen molar-refractivity contribution in [3.05, 3.63) is 34.9 Å². The molecule has 4 heteroatoms. The third kappa shape index (κ3) is 5.01. The lowest BCUT2D eigenvalue weighted by molar-refractivity contribution is 0.0923. The van der Waals surface area contributed by atoms with Crippen LogP contribution < -0.4 is 0 Å². The number of Topliss-reactive ketones (excluding diaryl/α,β-unsaturated/α-hetero) is 1. The second-order valence-corrected chi connectivity index (χ2v) is 5.90. The van der Waals surface area contributed by atoms with E-state index in [1.165, 1.54) is 0 Å². The van der Waals surface area contributed by atoms with Crippen molar-refractivity contribution in [1.82, 2.24) is 4.90 Å². The zero-order chi connectivity index (χ0) is 13.5. The molecule has 0 aromatic heterocycles. The van der Waals surface area contributed by atoms with Crippen LogP contribution in [0.2, 0.25) is 5.02 Å². The van der Waals surface area contributed by atoms with E-state index >= 15 is 0 Å². The van der Waals surface area contributed by atoms with E-state index in [0.717, 1.165) is 17.7 Å². The van der Waals surface area contributed by atoms with E-state index in [4.69, 9.17) is 11.6 Å². The smallest absolute Gasteiger partial charge is 0.176 e. The Hall–Kier alpha value is -0.510. The van der Waals surface area contributed by atoms with Gasteiger partial charge in [0.2, 0.25) is 0 Å². The van der Waals surface area contributed by atoms with Crippen molar-refractivity contribution in [2.45, 2.75) is 19.4 Å². The monoisotopic (exact) mass is 285 g/mol. The van der Waals surface area contributed by atoms with Crippen molar-refractivity contribution in [3.8, 4) is 0 Å². The van der Waals surface area contributed by atoms with E-state index in [1.54, 1.807) is 24.3 Å². The van der Waals surface area contributed by atoms with Crippen molar-refractivity contribution in [3.63, 3.8) is 0 Å². The van der Waals surface area contributed by atoms with Gasteiger partial charge in [0.15, 0.2) is 5.78 Å². The van der Waals surface area contributed by atoms with Gasteiger partial charge in [-0.1, -0.05) is 11.6 Å². The quantitative estimate of drug-likeness (QED) is 0.714. The van der Waals surface area contributed by atoms with Gasteiger partial charge in [-0.05, 0) is 56.7 Å². The molecule has 0 saturated carbocycles. The summed E-state index contributed by atoms with van der Waals surface area (Å²) in [5.74, 6) is 1.27. The van der Waals surface area contributed by atoms with Crippen LogP contribution in [0.5, 0.6) is 0 Å². The molecule has 0 radical (unpaired) electrons. The minimum atomic E-state index is 0.144. The summed E-state index contributed by atoms with van der Waals surface area (Å²) in [5.41, 5.74) is 0.725. The highest BCUT2D eigenvalue weighted by atomic mass is 35.5. The predicted molar refractivity (Wildman–Crippen MR) is 80.9 cm³/mol. The fraction of sp³-hybridized carbons (Fsp3) is 0.500. The lowest BCUT2D eigenvalue weighted by Gasteiger charge is -2.23. The first-order chi connectivity index (χ1) is 8.54. The zero-order valence-electron chi connectivity index (χ0n) is 11.1. The Morgan fingerprint density at radius 3 is 2.56 bits per heavy atom. The first-order valence-corrected chi connectivity index (χ1v) is 7.79. The molecular formula is C14H20ClNOS. The summed E-state index contributed by atoms with van der Waals surface area (Å²) in [5, 5.41) is 0.660. The van der Waals surface area contributed by atoms with Crippen molar-refractivity contribution in [1.29, 1.82) is 0 Å². The summed E-state index contributed by atoms with van der Waals surface area (Å²) in [6.45, 7) is 2.61. The molecular weight excluding hydrogens is 266 g/mol. The van der Waals surface area contributed by atoms with Gasteiger partial charge in [-0.2, -0.15) is 11.8 Å². The summed E-state index contributed by atoms with van der Waals surface area (Å²) >= 11 is 7.64. The molecule has 1 aromatic carbocycles. The summed E-state index contributed by atoms with van der Waals surface area (Å²) in [6.07, 6.45) is 3.21. The molecule has 100 valence electrons. The molecule has 0 heterocycles. The Bertz CT molecular complexity index is 380. The maximum absolute atomic E-state index is 12.1. The van der Waals surface area contributed by atoms with Gasteiger partial charge < -0.3 is 0 Å². The van der Waals surface area contributed by atoms with Crippen molar-refractivity contribution in [2.75, 3.05) is 25.6 Å². The number of likely N-dealkylation sites (N-methyl/N-ethyl adjacent to an activating group) is 1. The maximum atomic E-state index is 12.1. The summed E-state index contributed by atoms with van der Waals surface area (Å²) in [6, 6.07) is 7.50. The van der Waals surface area contributed by atoms with Crippen LogP contribution in [0.15, 0.2) is 24.3 Å². The number of hydrogen-bond acceptors (Lipinski definition) is 3. The van der Waals surface area contributed by atoms with Crippen LogP contribution in [-0.2, 0) is 0 Å². The molecule has 0 saturated heterocycles. The molecule has 18 heavy (non-hydrogen) atoms. The Morgan fingerprint density at radius 2 is 2.00 bits per heavy atom. The lowest BCUT2D eigenvalue weighted by atomic mass is 10.1. The third-order valence-corrected chi connectivity index (χ3v) is 3.95. The van der Waals surface area contributed by atoms with Crippen LogP contribution in [0, 0.1) is 0 Å². The van der Waals surface area contributed by atoms with Crippen LogP contribution in [0.3, 0.4) is 0 Å². The van der Waals surface area contributed by atoms with E-state index < -0.39 is 0 Å². The Kier molecular flexibility index (Phi) is 6.76. The number of nitrogens with zero attached hydrogens (tertiary/aromatic N) is 1. The Balaban J connectivity index is 2.51. The van der Waals surface area contributed by atoms with Gasteiger partial charge in [0, 0.05) is 16.6 Å². The van der Waals surface area contributed by atoms with Gasteiger partial charge in [0.1, 0.15) is 0 Å². The first kappa shape index (κ1) is 15.5. The Morgan fingerprint density at radius 1 is 1.39 bits per heavy atom. The van der Waals surface area contributed by atoms with Gasteiger partial charge in [-0.3, -0.25) is 9.69 Å². The molecule has 1 rings (SSSR count). The normalized spacial score (nSPS) is 12.7. The average Bonchev–Trinajstić information content (AvgIpc) is 2.36. The molecule has 0 aliphatic carbocycles. The number of ketones is 1. The lowest BCUT2D eigenvalue weighted by Crippen LogP contribution is -2.34. The van der Waals surface area contributed by atoms with Gasteiger partial charge in [-0.25, -0.2) is 0 Å². The molecule has 0 N–H and O–H groups in total. The van der Waals surface area contributed by atoms with Gasteiger partial charge in [0.05, 0.1) is 6.54 Å². The minimum Gasteiger partial charge on any atom is -0.296 e. The molecule has 1 aromatic rings. The standard InChI is InChI=1S/C14H20ClNOS/c1-11(8-9-18-3)16(2)10-14(17)12-4-6-13(15)7-5-12/h4-7,11H,8-10H2,1-3H3. The molecule has 0 amide bonds. The zero-order valence-corrected chi connectivity index (χ0v) is 12.7. The number of thioether (sulfide) groups is 1. The minimum absolute atomic E-state index is 0.144. The second kappa shape index (κ2) is 7.82. The second-order valence-electron chi connectivity index (χ2n) is 4.48.